The number of aromatic nitrogens is 3. The molecule has 8 heteroatoms. The molecule has 4 heterocycles. The molecular formula is C24H25N5O3. The van der Waals surface area contributed by atoms with Crippen molar-refractivity contribution in [3.05, 3.63) is 53.6 Å². The van der Waals surface area contributed by atoms with Gasteiger partial charge in [0.2, 0.25) is 0 Å². The standard InChI is InChI=1S/C24H25N5O3/c1-15(2)32-18-9-21-27-19(24-8-7-23(3,13-24)31-14-24)12-29(21)11-17(18)22(30)28-20-6-4-5-16(10-25)26-20/h4-6,9,11-12,15H,7-8,13-14H2,1-3H3,(H,26,28,30). The lowest BCUT2D eigenvalue weighted by molar-refractivity contribution is -0.00627. The first kappa shape index (κ1) is 20.5. The highest BCUT2D eigenvalue weighted by atomic mass is 16.5. The number of nitrogens with zero attached hydrogens (tertiary/aromatic N) is 4. The third-order valence-corrected chi connectivity index (χ3v) is 6.35. The predicted octanol–water partition coefficient (Wildman–Crippen LogP) is 3.85. The van der Waals surface area contributed by atoms with E-state index in [1.54, 1.807) is 30.5 Å². The van der Waals surface area contributed by atoms with Crippen LogP contribution in [0.15, 0.2) is 36.7 Å². The Labute approximate surface area is 186 Å². The molecule has 1 saturated carbocycles. The Morgan fingerprint density at radius 3 is 2.81 bits per heavy atom. The minimum Gasteiger partial charge on any atom is -0.490 e. The van der Waals surface area contributed by atoms with Gasteiger partial charge in [0.05, 0.1) is 29.6 Å². The number of fused-ring (bicyclic) bond motifs is 3. The van der Waals surface area contributed by atoms with Crippen molar-refractivity contribution < 1.29 is 14.3 Å². The summed E-state index contributed by atoms with van der Waals surface area (Å²) in [6.45, 7) is 6.67. The Hall–Kier alpha value is -3.44. The molecule has 1 aliphatic heterocycles. The number of carbonyl (C=O) groups excluding carboxylic acids is 1. The number of carbonyl (C=O) groups is 1. The number of imidazole rings is 1. The van der Waals surface area contributed by atoms with Gasteiger partial charge in [0.1, 0.15) is 29.0 Å². The average Bonchev–Trinajstić information content (AvgIpc) is 3.43. The fourth-order valence-electron chi connectivity index (χ4n) is 4.79. The molecule has 164 valence electrons. The highest BCUT2D eigenvalue weighted by Crippen LogP contribution is 2.53. The van der Waals surface area contributed by atoms with E-state index in [1.807, 2.05) is 30.5 Å². The molecule has 0 spiro atoms. The second-order valence-electron chi connectivity index (χ2n) is 9.28. The van der Waals surface area contributed by atoms with Crippen molar-refractivity contribution in [1.82, 2.24) is 14.4 Å². The third-order valence-electron chi connectivity index (χ3n) is 6.35. The summed E-state index contributed by atoms with van der Waals surface area (Å²) >= 11 is 0. The van der Waals surface area contributed by atoms with E-state index in [1.165, 1.54) is 0 Å². The van der Waals surface area contributed by atoms with Gasteiger partial charge in [-0.05, 0) is 52.2 Å². The summed E-state index contributed by atoms with van der Waals surface area (Å²) in [5.74, 6) is 0.398. The highest BCUT2D eigenvalue weighted by Gasteiger charge is 2.55. The van der Waals surface area contributed by atoms with Gasteiger partial charge >= 0.3 is 0 Å². The fraction of sp³-hybridized carbons (Fsp3) is 0.417. The second-order valence-corrected chi connectivity index (χ2v) is 9.28. The van der Waals surface area contributed by atoms with Crippen LogP contribution < -0.4 is 10.1 Å². The largest absolute Gasteiger partial charge is 0.490 e. The van der Waals surface area contributed by atoms with E-state index in [0.29, 0.717) is 23.7 Å². The maximum absolute atomic E-state index is 13.1. The number of pyridine rings is 2. The first-order valence-electron chi connectivity index (χ1n) is 10.8. The van der Waals surface area contributed by atoms with E-state index in [9.17, 15) is 4.79 Å². The zero-order chi connectivity index (χ0) is 22.5. The van der Waals surface area contributed by atoms with Crippen LogP contribution >= 0.6 is 0 Å². The van der Waals surface area contributed by atoms with Gasteiger partial charge in [0.15, 0.2) is 0 Å². The summed E-state index contributed by atoms with van der Waals surface area (Å²) in [6.07, 6.45) is 6.68. The molecule has 3 aromatic heterocycles. The molecule has 1 amide bonds. The molecule has 2 aliphatic rings. The van der Waals surface area contributed by atoms with E-state index >= 15 is 0 Å². The van der Waals surface area contributed by atoms with E-state index in [-0.39, 0.29) is 28.7 Å². The van der Waals surface area contributed by atoms with Crippen molar-refractivity contribution in [2.45, 2.75) is 57.2 Å². The molecule has 2 bridgehead atoms. The number of anilines is 1. The Morgan fingerprint density at radius 1 is 1.31 bits per heavy atom. The summed E-state index contributed by atoms with van der Waals surface area (Å²) in [4.78, 5) is 22.1. The van der Waals surface area contributed by atoms with Crippen LogP contribution in [0.3, 0.4) is 0 Å². The highest BCUT2D eigenvalue weighted by molar-refractivity contribution is 6.05. The van der Waals surface area contributed by atoms with Gasteiger partial charge in [-0.3, -0.25) is 4.79 Å². The van der Waals surface area contributed by atoms with Gasteiger partial charge in [0.25, 0.3) is 5.91 Å². The Kier molecular flexibility index (Phi) is 4.68. The van der Waals surface area contributed by atoms with Crippen molar-refractivity contribution in [2.75, 3.05) is 11.9 Å². The summed E-state index contributed by atoms with van der Waals surface area (Å²) in [5, 5.41) is 11.8. The molecule has 3 aromatic rings. The predicted molar refractivity (Wildman–Crippen MR) is 118 cm³/mol. The lowest BCUT2D eigenvalue weighted by atomic mass is 9.84. The quantitative estimate of drug-likeness (QED) is 0.658. The van der Waals surface area contributed by atoms with Crippen LogP contribution in [-0.4, -0.2) is 38.6 Å². The monoisotopic (exact) mass is 431 g/mol. The zero-order valence-electron chi connectivity index (χ0n) is 18.4. The van der Waals surface area contributed by atoms with Crippen LogP contribution in [0.1, 0.15) is 61.8 Å². The minimum atomic E-state index is -0.365. The number of nitriles is 1. The molecule has 0 aromatic carbocycles. The normalized spacial score (nSPS) is 24.1. The maximum atomic E-state index is 13.1. The van der Waals surface area contributed by atoms with Crippen LogP contribution in [0.5, 0.6) is 5.75 Å². The molecule has 8 nitrogen and oxygen atoms in total. The van der Waals surface area contributed by atoms with Gasteiger partial charge in [-0.2, -0.15) is 5.26 Å². The molecular weight excluding hydrogens is 406 g/mol. The molecule has 32 heavy (non-hydrogen) atoms. The number of amides is 1. The first-order chi connectivity index (χ1) is 15.3. The smallest absolute Gasteiger partial charge is 0.262 e. The van der Waals surface area contributed by atoms with Crippen molar-refractivity contribution >= 4 is 17.4 Å². The Bertz CT molecular complexity index is 1250. The summed E-state index contributed by atoms with van der Waals surface area (Å²) in [5.41, 5.74) is 2.21. The van der Waals surface area contributed by atoms with Gasteiger partial charge in [-0.25, -0.2) is 9.97 Å². The first-order valence-corrected chi connectivity index (χ1v) is 10.8. The number of rotatable bonds is 5. The van der Waals surface area contributed by atoms with Crippen LogP contribution in [0.25, 0.3) is 5.65 Å². The van der Waals surface area contributed by atoms with Crippen LogP contribution in [0.2, 0.25) is 0 Å². The molecule has 2 atom stereocenters. The SMILES string of the molecule is CC(C)Oc1cc2nc(C34CCC(C)(C3)OC4)cn2cc1C(=O)Nc1cccc(C#N)n1. The second kappa shape index (κ2) is 7.31. The van der Waals surface area contributed by atoms with E-state index in [2.05, 4.69) is 17.2 Å². The molecule has 5 rings (SSSR count). The number of nitrogens with one attached hydrogen (secondary N) is 1. The van der Waals surface area contributed by atoms with E-state index in [0.717, 1.165) is 30.6 Å². The molecule has 0 radical (unpaired) electrons. The number of ether oxygens (including phenoxy) is 2. The molecule has 1 saturated heterocycles. The van der Waals surface area contributed by atoms with Crippen LogP contribution in [-0.2, 0) is 10.2 Å². The van der Waals surface area contributed by atoms with E-state index < -0.39 is 0 Å². The van der Waals surface area contributed by atoms with Gasteiger partial charge in [-0.15, -0.1) is 0 Å². The molecule has 2 unspecified atom stereocenters. The van der Waals surface area contributed by atoms with Crippen LogP contribution in [0, 0.1) is 11.3 Å². The van der Waals surface area contributed by atoms with Gasteiger partial charge in [0, 0.05) is 23.9 Å². The lowest BCUT2D eigenvalue weighted by Gasteiger charge is -2.24. The maximum Gasteiger partial charge on any atom is 0.262 e. The Balaban J connectivity index is 1.52. The van der Waals surface area contributed by atoms with E-state index in [4.69, 9.17) is 19.7 Å². The molecule has 1 aliphatic carbocycles. The number of hydrogen-bond donors (Lipinski definition) is 1. The minimum absolute atomic E-state index is 0.0578. The van der Waals surface area contributed by atoms with Crippen molar-refractivity contribution in [2.24, 2.45) is 0 Å². The summed E-state index contributed by atoms with van der Waals surface area (Å²) in [6, 6.07) is 8.69. The van der Waals surface area contributed by atoms with Crippen molar-refractivity contribution in [3.63, 3.8) is 0 Å². The third kappa shape index (κ3) is 3.49. The average molecular weight is 431 g/mol. The summed E-state index contributed by atoms with van der Waals surface area (Å²) in [7, 11) is 0. The lowest BCUT2D eigenvalue weighted by Crippen LogP contribution is -2.26. The zero-order valence-corrected chi connectivity index (χ0v) is 18.4. The molecule has 1 N–H and O–H groups in total. The van der Waals surface area contributed by atoms with Gasteiger partial charge in [-0.1, -0.05) is 6.07 Å². The topological polar surface area (TPSA) is 102 Å². The Morgan fingerprint density at radius 2 is 2.16 bits per heavy atom. The van der Waals surface area contributed by atoms with Gasteiger partial charge < -0.3 is 19.2 Å². The van der Waals surface area contributed by atoms with Crippen LogP contribution in [0.4, 0.5) is 5.82 Å². The molecule has 2 fully saturated rings. The fourth-order valence-corrected chi connectivity index (χ4v) is 4.79. The van der Waals surface area contributed by atoms with Crippen molar-refractivity contribution in [1.29, 1.82) is 5.26 Å². The van der Waals surface area contributed by atoms with Crippen molar-refractivity contribution in [3.8, 4) is 11.8 Å². The number of hydrogen-bond acceptors (Lipinski definition) is 6. The summed E-state index contributed by atoms with van der Waals surface area (Å²) < 4.78 is 13.9.